The summed E-state index contributed by atoms with van der Waals surface area (Å²) in [6.45, 7) is 5.58. The number of halogens is 4. The molecule has 232 valence electrons. The zero-order chi connectivity index (χ0) is 32.3. The van der Waals surface area contributed by atoms with Crippen molar-refractivity contribution < 1.29 is 31.9 Å². The van der Waals surface area contributed by atoms with Gasteiger partial charge in [-0.2, -0.15) is 4.99 Å². The van der Waals surface area contributed by atoms with Gasteiger partial charge in [0.1, 0.15) is 17.9 Å². The number of ether oxygens (including phenoxy) is 1. The summed E-state index contributed by atoms with van der Waals surface area (Å²) < 4.78 is 56.4. The number of rotatable bonds is 7. The van der Waals surface area contributed by atoms with Crippen molar-refractivity contribution in [2.24, 2.45) is 4.99 Å². The predicted molar refractivity (Wildman–Crippen MR) is 164 cm³/mol. The standard InChI is InChI=1S/C31H26F4N6O3S/c1-18(2)25-14-22(32)8-13-26(25)41-27(42)16-45-30(41)38-29(43)36-15-19(3)20-4-6-21(7-5-20)28-37-17-40(39-28)23-9-11-24(12-10-23)44-31(33,34)35/h4-15,17-18H,16H2,1-3H3,(H,36,43)/b19-15+,38-30-. The van der Waals surface area contributed by atoms with E-state index in [0.29, 0.717) is 28.3 Å². The quantitative estimate of drug-likeness (QED) is 0.213. The van der Waals surface area contributed by atoms with E-state index in [-0.39, 0.29) is 28.5 Å². The lowest BCUT2D eigenvalue weighted by Crippen LogP contribution is -2.31. The minimum atomic E-state index is -4.77. The van der Waals surface area contributed by atoms with Crippen LogP contribution in [-0.2, 0) is 4.79 Å². The van der Waals surface area contributed by atoms with Crippen LogP contribution in [0.15, 0.2) is 84.2 Å². The molecule has 0 spiro atoms. The topological polar surface area (TPSA) is 102 Å². The highest BCUT2D eigenvalue weighted by atomic mass is 32.2. The van der Waals surface area contributed by atoms with Crippen LogP contribution in [0.25, 0.3) is 22.6 Å². The van der Waals surface area contributed by atoms with Gasteiger partial charge in [0, 0.05) is 11.8 Å². The fraction of sp³-hybridized carbons (Fsp3) is 0.194. The second-order valence-electron chi connectivity index (χ2n) is 10.2. The van der Waals surface area contributed by atoms with E-state index in [0.717, 1.165) is 22.9 Å². The summed E-state index contributed by atoms with van der Waals surface area (Å²) in [5.41, 5.74) is 3.84. The van der Waals surface area contributed by atoms with E-state index in [1.165, 1.54) is 64.6 Å². The zero-order valence-corrected chi connectivity index (χ0v) is 25.0. The highest BCUT2D eigenvalue weighted by molar-refractivity contribution is 8.15. The largest absolute Gasteiger partial charge is 0.573 e. The molecule has 1 fully saturated rings. The maximum atomic E-state index is 13.9. The summed E-state index contributed by atoms with van der Waals surface area (Å²) in [7, 11) is 0. The van der Waals surface area contributed by atoms with Crippen LogP contribution in [0.5, 0.6) is 5.75 Å². The van der Waals surface area contributed by atoms with Crippen LogP contribution in [0.4, 0.5) is 28.0 Å². The Hall–Kier alpha value is -4.98. The van der Waals surface area contributed by atoms with Crippen LogP contribution in [0, 0.1) is 5.82 Å². The zero-order valence-electron chi connectivity index (χ0n) is 24.2. The van der Waals surface area contributed by atoms with E-state index >= 15 is 0 Å². The molecule has 1 aliphatic heterocycles. The molecule has 1 aromatic heterocycles. The van der Waals surface area contributed by atoms with E-state index in [1.54, 1.807) is 19.1 Å². The molecule has 9 nitrogen and oxygen atoms in total. The highest BCUT2D eigenvalue weighted by Gasteiger charge is 2.33. The number of amides is 3. The first kappa shape index (κ1) is 31.4. The normalized spacial score (nSPS) is 14.8. The van der Waals surface area contributed by atoms with Crippen LogP contribution in [0.1, 0.15) is 37.8 Å². The number of amidine groups is 1. The van der Waals surface area contributed by atoms with E-state index in [2.05, 4.69) is 25.1 Å². The lowest BCUT2D eigenvalue weighted by Gasteiger charge is -2.21. The van der Waals surface area contributed by atoms with Crippen LogP contribution < -0.4 is 15.0 Å². The van der Waals surface area contributed by atoms with E-state index < -0.39 is 18.2 Å². The minimum absolute atomic E-state index is 0.0601. The third-order valence-corrected chi connectivity index (χ3v) is 7.58. The first-order valence-electron chi connectivity index (χ1n) is 13.6. The number of aliphatic imine (C=N–C) groups is 1. The highest BCUT2D eigenvalue weighted by Crippen LogP contribution is 2.34. The molecule has 1 N–H and O–H groups in total. The fourth-order valence-corrected chi connectivity index (χ4v) is 5.31. The first-order chi connectivity index (χ1) is 21.4. The second kappa shape index (κ2) is 12.9. The molecule has 3 amide bonds. The maximum absolute atomic E-state index is 13.9. The predicted octanol–water partition coefficient (Wildman–Crippen LogP) is 7.30. The van der Waals surface area contributed by atoms with Crippen molar-refractivity contribution in [3.8, 4) is 22.8 Å². The molecule has 45 heavy (non-hydrogen) atoms. The van der Waals surface area contributed by atoms with Crippen molar-refractivity contribution >= 4 is 40.1 Å². The smallest absolute Gasteiger partial charge is 0.406 e. The Morgan fingerprint density at radius 1 is 1.09 bits per heavy atom. The van der Waals surface area contributed by atoms with Gasteiger partial charge in [-0.15, -0.1) is 18.3 Å². The Bertz CT molecular complexity index is 1780. The van der Waals surface area contributed by atoms with E-state index in [9.17, 15) is 27.2 Å². The van der Waals surface area contributed by atoms with Crippen LogP contribution in [0.3, 0.4) is 0 Å². The summed E-state index contributed by atoms with van der Waals surface area (Å²) in [5, 5.41) is 7.23. The number of urea groups is 1. The van der Waals surface area contributed by atoms with Crippen molar-refractivity contribution in [3.05, 3.63) is 96.2 Å². The van der Waals surface area contributed by atoms with Gasteiger partial charge in [-0.25, -0.2) is 18.9 Å². The molecule has 0 unspecified atom stereocenters. The van der Waals surface area contributed by atoms with Crippen molar-refractivity contribution in [1.82, 2.24) is 20.1 Å². The molecular formula is C31H26F4N6O3S. The molecule has 0 atom stereocenters. The number of hydrogen-bond acceptors (Lipinski definition) is 6. The molecule has 1 aliphatic rings. The van der Waals surface area contributed by atoms with E-state index in [1.807, 2.05) is 26.0 Å². The third kappa shape index (κ3) is 7.58. The van der Waals surface area contributed by atoms with Gasteiger partial charge in [0.25, 0.3) is 0 Å². The molecule has 1 saturated heterocycles. The number of nitrogens with one attached hydrogen (secondary N) is 1. The number of anilines is 1. The summed E-state index contributed by atoms with van der Waals surface area (Å²) >= 11 is 1.13. The first-order valence-corrected chi connectivity index (χ1v) is 14.6. The lowest BCUT2D eigenvalue weighted by atomic mass is 10.0. The van der Waals surface area contributed by atoms with Crippen molar-refractivity contribution in [2.75, 3.05) is 10.7 Å². The molecule has 14 heteroatoms. The molecule has 0 bridgehead atoms. The molecule has 2 heterocycles. The van der Waals surface area contributed by atoms with Gasteiger partial charge in [0.2, 0.25) is 5.91 Å². The number of thioether (sulfide) groups is 1. The van der Waals surface area contributed by atoms with Gasteiger partial charge >= 0.3 is 12.4 Å². The molecule has 0 radical (unpaired) electrons. The number of benzene rings is 3. The number of carbonyl (C=O) groups excluding carboxylic acids is 2. The van der Waals surface area contributed by atoms with Crippen LogP contribution in [-0.4, -0.2) is 44.0 Å². The number of aromatic nitrogens is 3. The maximum Gasteiger partial charge on any atom is 0.573 e. The number of carbonyl (C=O) groups is 2. The second-order valence-corrected chi connectivity index (χ2v) is 11.1. The number of hydrogen-bond donors (Lipinski definition) is 1. The van der Waals surface area contributed by atoms with Gasteiger partial charge in [0.15, 0.2) is 11.0 Å². The van der Waals surface area contributed by atoms with Crippen LogP contribution >= 0.6 is 11.8 Å². The molecule has 0 aliphatic carbocycles. The van der Waals surface area contributed by atoms with Crippen LogP contribution in [0.2, 0.25) is 0 Å². The van der Waals surface area contributed by atoms with Gasteiger partial charge in [0.05, 0.1) is 17.1 Å². The van der Waals surface area contributed by atoms with Crippen molar-refractivity contribution in [1.29, 1.82) is 0 Å². The average Bonchev–Trinajstić information content (AvgIpc) is 3.63. The SMILES string of the molecule is C/C(=C\NC(=O)/N=C1\SCC(=O)N1c1ccc(F)cc1C(C)C)c1ccc(-c2ncn(-c3ccc(OC(F)(F)F)cc3)n2)cc1. The summed E-state index contributed by atoms with van der Waals surface area (Å²) in [6, 6.07) is 16.0. The molecule has 3 aromatic carbocycles. The number of allylic oxidation sites excluding steroid dienone is 1. The van der Waals surface area contributed by atoms with Gasteiger partial charge in [-0.3, -0.25) is 9.69 Å². The number of nitrogens with zero attached hydrogens (tertiary/aromatic N) is 5. The average molecular weight is 639 g/mol. The molecule has 5 rings (SSSR count). The molecular weight excluding hydrogens is 612 g/mol. The monoisotopic (exact) mass is 638 g/mol. The molecule has 4 aromatic rings. The lowest BCUT2D eigenvalue weighted by molar-refractivity contribution is -0.274. The van der Waals surface area contributed by atoms with Crippen molar-refractivity contribution in [2.45, 2.75) is 33.1 Å². The summed E-state index contributed by atoms with van der Waals surface area (Å²) in [5.74, 6) is -0.551. The number of alkyl halides is 3. The van der Waals surface area contributed by atoms with Gasteiger partial charge < -0.3 is 10.1 Å². The Kier molecular flexibility index (Phi) is 9.04. The third-order valence-electron chi connectivity index (χ3n) is 6.65. The van der Waals surface area contributed by atoms with E-state index in [4.69, 9.17) is 0 Å². The van der Waals surface area contributed by atoms with Gasteiger partial charge in [-0.1, -0.05) is 49.9 Å². The Morgan fingerprint density at radius 2 is 1.80 bits per heavy atom. The Labute approximate surface area is 259 Å². The summed E-state index contributed by atoms with van der Waals surface area (Å²) in [4.78, 5) is 35.1. The summed E-state index contributed by atoms with van der Waals surface area (Å²) in [6.07, 6.45) is -1.82. The fourth-order valence-electron chi connectivity index (χ4n) is 4.45. The Balaban J connectivity index is 1.24. The van der Waals surface area contributed by atoms with Crippen molar-refractivity contribution in [3.63, 3.8) is 0 Å². The minimum Gasteiger partial charge on any atom is -0.406 e. The van der Waals surface area contributed by atoms with Gasteiger partial charge in [-0.05, 0) is 72.0 Å². The molecule has 0 saturated carbocycles. The Morgan fingerprint density at radius 3 is 2.47 bits per heavy atom.